The van der Waals surface area contributed by atoms with Crippen molar-refractivity contribution in [2.75, 3.05) is 17.4 Å². The van der Waals surface area contributed by atoms with Crippen molar-refractivity contribution in [3.8, 4) is 11.5 Å². The molecule has 2 N–H and O–H groups in total. The Balaban J connectivity index is 1.44. The zero-order valence-electron chi connectivity index (χ0n) is 17.8. The average Bonchev–Trinajstić information content (AvgIpc) is 3.31. The molecule has 3 aromatic rings. The fraction of sp³-hybridized carbons (Fsp3) is 0.273. The molecule has 0 saturated heterocycles. The normalized spacial score (nSPS) is 12.0. The van der Waals surface area contributed by atoms with Crippen molar-refractivity contribution < 1.29 is 19.1 Å². The van der Waals surface area contributed by atoms with Crippen LogP contribution in [-0.2, 0) is 11.3 Å². The van der Waals surface area contributed by atoms with Gasteiger partial charge in [0.15, 0.2) is 17.2 Å². The molecule has 0 atom stereocenters. The molecule has 0 saturated carbocycles. The number of hydrogen-bond acceptors (Lipinski definition) is 6. The lowest BCUT2D eigenvalue weighted by Gasteiger charge is -2.12. The maximum atomic E-state index is 12.8. The molecule has 0 spiro atoms. The van der Waals surface area contributed by atoms with Crippen LogP contribution in [0.1, 0.15) is 32.9 Å². The number of ether oxygens (including phenoxy) is 2. The molecule has 0 radical (unpaired) electrons. The first-order valence-corrected chi connectivity index (χ1v) is 9.80. The van der Waals surface area contributed by atoms with Gasteiger partial charge in [0.05, 0.1) is 5.69 Å². The van der Waals surface area contributed by atoms with Gasteiger partial charge in [-0.2, -0.15) is 0 Å². The van der Waals surface area contributed by atoms with Gasteiger partial charge >= 0.3 is 0 Å². The van der Waals surface area contributed by atoms with E-state index >= 15 is 0 Å². The van der Waals surface area contributed by atoms with Crippen molar-refractivity contribution in [3.63, 3.8) is 0 Å². The van der Waals surface area contributed by atoms with Gasteiger partial charge in [0, 0.05) is 17.4 Å². The van der Waals surface area contributed by atoms with Crippen molar-refractivity contribution in [2.24, 2.45) is 0 Å². The molecule has 2 aromatic carbocycles. The van der Waals surface area contributed by atoms with E-state index in [2.05, 4.69) is 20.9 Å². The summed E-state index contributed by atoms with van der Waals surface area (Å²) >= 11 is 0. The predicted molar refractivity (Wildman–Crippen MR) is 115 cm³/mol. The van der Waals surface area contributed by atoms with E-state index in [-0.39, 0.29) is 30.8 Å². The average molecular weight is 421 g/mol. The number of carbonyl (C=O) groups is 2. The van der Waals surface area contributed by atoms with Gasteiger partial charge in [-0.25, -0.2) is 4.68 Å². The topological polar surface area (TPSA) is 107 Å². The molecule has 0 bridgehead atoms. The number of nitrogens with one attached hydrogen (secondary N) is 2. The maximum absolute atomic E-state index is 12.8. The Kier molecular flexibility index (Phi) is 5.33. The molecular weight excluding hydrogens is 398 g/mol. The fourth-order valence-electron chi connectivity index (χ4n) is 3.58. The van der Waals surface area contributed by atoms with Gasteiger partial charge in [0.2, 0.25) is 12.7 Å². The highest BCUT2D eigenvalue weighted by atomic mass is 16.7. The number of benzene rings is 2. The first kappa shape index (κ1) is 20.4. The second-order valence-corrected chi connectivity index (χ2v) is 7.53. The SMILES string of the molecule is Cc1cc(C)c(NC(=O)c2nnn(CC(=O)Nc3ccc4c(c3)OCO4)c2C)c(C)c1. The number of hydrogen-bond donors (Lipinski definition) is 2. The highest BCUT2D eigenvalue weighted by molar-refractivity contribution is 6.04. The highest BCUT2D eigenvalue weighted by Crippen LogP contribution is 2.34. The number of carbonyl (C=O) groups excluding carboxylic acids is 2. The van der Waals surface area contributed by atoms with Crippen LogP contribution < -0.4 is 20.1 Å². The van der Waals surface area contributed by atoms with E-state index in [1.165, 1.54) is 4.68 Å². The van der Waals surface area contributed by atoms with Crippen LogP contribution >= 0.6 is 0 Å². The Bertz CT molecular complexity index is 1160. The Morgan fingerprint density at radius 3 is 2.45 bits per heavy atom. The monoisotopic (exact) mass is 421 g/mol. The zero-order chi connectivity index (χ0) is 22.1. The summed E-state index contributed by atoms with van der Waals surface area (Å²) in [5.41, 5.74) is 5.08. The molecule has 0 unspecified atom stereocenters. The standard InChI is InChI=1S/C22H23N5O4/c1-12-7-13(2)20(14(3)8-12)24-22(29)21-15(4)27(26-25-21)10-19(28)23-16-5-6-17-18(9-16)31-11-30-17/h5-9H,10-11H2,1-4H3,(H,23,28)(H,24,29). The van der Waals surface area contributed by atoms with Crippen LogP contribution in [0.25, 0.3) is 0 Å². The van der Waals surface area contributed by atoms with E-state index in [1.54, 1.807) is 25.1 Å². The number of fused-ring (bicyclic) bond motifs is 1. The molecule has 1 aliphatic rings. The summed E-state index contributed by atoms with van der Waals surface area (Å²) in [6, 6.07) is 9.17. The molecule has 9 nitrogen and oxygen atoms in total. The predicted octanol–water partition coefficient (Wildman–Crippen LogP) is 3.13. The van der Waals surface area contributed by atoms with Gasteiger partial charge in [-0.15, -0.1) is 5.10 Å². The van der Waals surface area contributed by atoms with E-state index in [0.29, 0.717) is 22.9 Å². The number of nitrogens with zero attached hydrogens (tertiary/aromatic N) is 3. The quantitative estimate of drug-likeness (QED) is 0.655. The van der Waals surface area contributed by atoms with Gasteiger partial charge < -0.3 is 20.1 Å². The largest absolute Gasteiger partial charge is 0.454 e. The molecule has 1 aliphatic heterocycles. The summed E-state index contributed by atoms with van der Waals surface area (Å²) in [5, 5.41) is 13.7. The van der Waals surface area contributed by atoms with Gasteiger partial charge in [0.1, 0.15) is 6.54 Å². The summed E-state index contributed by atoms with van der Waals surface area (Å²) in [7, 11) is 0. The third-order valence-corrected chi connectivity index (χ3v) is 5.06. The first-order chi connectivity index (χ1) is 14.8. The fourth-order valence-corrected chi connectivity index (χ4v) is 3.58. The molecule has 0 aliphatic carbocycles. The van der Waals surface area contributed by atoms with Crippen LogP contribution in [0.3, 0.4) is 0 Å². The minimum atomic E-state index is -0.366. The van der Waals surface area contributed by atoms with Crippen molar-refractivity contribution in [1.29, 1.82) is 0 Å². The molecule has 31 heavy (non-hydrogen) atoms. The maximum Gasteiger partial charge on any atom is 0.278 e. The second-order valence-electron chi connectivity index (χ2n) is 7.53. The molecule has 9 heteroatoms. The smallest absolute Gasteiger partial charge is 0.278 e. The Morgan fingerprint density at radius 1 is 1.00 bits per heavy atom. The Morgan fingerprint density at radius 2 is 1.71 bits per heavy atom. The highest BCUT2D eigenvalue weighted by Gasteiger charge is 2.20. The van der Waals surface area contributed by atoms with Crippen molar-refractivity contribution in [2.45, 2.75) is 34.2 Å². The van der Waals surface area contributed by atoms with E-state index < -0.39 is 0 Å². The third kappa shape index (κ3) is 4.20. The number of aryl methyl sites for hydroxylation is 3. The number of anilines is 2. The number of amides is 2. The van der Waals surface area contributed by atoms with Crippen LogP contribution in [0.4, 0.5) is 11.4 Å². The van der Waals surface area contributed by atoms with E-state index in [4.69, 9.17) is 9.47 Å². The van der Waals surface area contributed by atoms with Crippen LogP contribution in [0, 0.1) is 27.7 Å². The summed E-state index contributed by atoms with van der Waals surface area (Å²) in [4.78, 5) is 25.2. The van der Waals surface area contributed by atoms with Gasteiger partial charge in [-0.3, -0.25) is 9.59 Å². The van der Waals surface area contributed by atoms with Crippen LogP contribution in [0.5, 0.6) is 11.5 Å². The lowest BCUT2D eigenvalue weighted by Crippen LogP contribution is -2.21. The Hall–Kier alpha value is -3.88. The molecule has 2 heterocycles. The molecule has 1 aromatic heterocycles. The van der Waals surface area contributed by atoms with Crippen molar-refractivity contribution >= 4 is 23.2 Å². The molecule has 160 valence electrons. The van der Waals surface area contributed by atoms with Crippen LogP contribution in [-0.4, -0.2) is 33.6 Å². The summed E-state index contributed by atoms with van der Waals surface area (Å²) in [6.45, 7) is 7.69. The van der Waals surface area contributed by atoms with Crippen LogP contribution in [0.2, 0.25) is 0 Å². The lowest BCUT2D eigenvalue weighted by molar-refractivity contribution is -0.117. The molecule has 4 rings (SSSR count). The number of rotatable bonds is 5. The molecular formula is C22H23N5O4. The van der Waals surface area contributed by atoms with E-state index in [9.17, 15) is 9.59 Å². The van der Waals surface area contributed by atoms with Crippen molar-refractivity contribution in [1.82, 2.24) is 15.0 Å². The lowest BCUT2D eigenvalue weighted by atomic mass is 10.0. The summed E-state index contributed by atoms with van der Waals surface area (Å²) in [6.07, 6.45) is 0. The van der Waals surface area contributed by atoms with Crippen molar-refractivity contribution in [3.05, 3.63) is 58.4 Å². The first-order valence-electron chi connectivity index (χ1n) is 9.80. The zero-order valence-corrected chi connectivity index (χ0v) is 17.8. The number of aromatic nitrogens is 3. The summed E-state index contributed by atoms with van der Waals surface area (Å²) < 4.78 is 12.0. The van der Waals surface area contributed by atoms with Gasteiger partial charge in [-0.05, 0) is 51.0 Å². The third-order valence-electron chi connectivity index (χ3n) is 5.06. The second kappa shape index (κ2) is 8.10. The Labute approximate surface area is 179 Å². The minimum absolute atomic E-state index is 0.0802. The molecule has 0 fully saturated rings. The van der Waals surface area contributed by atoms with E-state index in [0.717, 1.165) is 22.4 Å². The minimum Gasteiger partial charge on any atom is -0.454 e. The van der Waals surface area contributed by atoms with Crippen LogP contribution in [0.15, 0.2) is 30.3 Å². The molecule has 2 amide bonds. The van der Waals surface area contributed by atoms with Gasteiger partial charge in [0.25, 0.3) is 5.91 Å². The summed E-state index contributed by atoms with van der Waals surface area (Å²) in [5.74, 6) is 0.550. The van der Waals surface area contributed by atoms with E-state index in [1.807, 2.05) is 32.9 Å². The van der Waals surface area contributed by atoms with Gasteiger partial charge in [-0.1, -0.05) is 22.9 Å².